The van der Waals surface area contributed by atoms with Gasteiger partial charge in [0.05, 0.1) is 16.2 Å². The Hall–Kier alpha value is -1.74. The molecule has 7 nitrogen and oxygen atoms in total. The molecule has 1 saturated heterocycles. The number of carbonyl (C=O) groups excluding carboxylic acids is 1. The summed E-state index contributed by atoms with van der Waals surface area (Å²) in [6.07, 6.45) is 4.31. The first-order valence-electron chi connectivity index (χ1n) is 7.40. The molecule has 132 valence electrons. The molecule has 0 spiro atoms. The van der Waals surface area contributed by atoms with E-state index < -0.39 is 10.0 Å². The molecule has 25 heavy (non-hydrogen) atoms. The van der Waals surface area contributed by atoms with Crippen molar-refractivity contribution >= 4 is 39.1 Å². The molecule has 1 aliphatic rings. The van der Waals surface area contributed by atoms with E-state index in [2.05, 4.69) is 9.97 Å². The number of sulfonamides is 1. The van der Waals surface area contributed by atoms with Crippen LogP contribution in [0.15, 0.2) is 41.7 Å². The van der Waals surface area contributed by atoms with Crippen molar-refractivity contribution in [2.75, 3.05) is 26.2 Å². The van der Waals surface area contributed by atoms with E-state index in [4.69, 9.17) is 23.2 Å². The molecule has 0 saturated carbocycles. The molecule has 1 aliphatic heterocycles. The van der Waals surface area contributed by atoms with Crippen LogP contribution < -0.4 is 0 Å². The summed E-state index contributed by atoms with van der Waals surface area (Å²) in [6, 6.07) is 4.48. The average Bonchev–Trinajstić information content (AvgIpc) is 2.64. The quantitative estimate of drug-likeness (QED) is 0.785. The third kappa shape index (κ3) is 3.62. The van der Waals surface area contributed by atoms with Gasteiger partial charge in [-0.25, -0.2) is 13.4 Å². The second-order valence-corrected chi connectivity index (χ2v) is 8.03. The van der Waals surface area contributed by atoms with Gasteiger partial charge in [-0.05, 0) is 12.1 Å². The maximum Gasteiger partial charge on any atom is 0.274 e. The number of aromatic nitrogens is 2. The molecule has 3 rings (SSSR count). The van der Waals surface area contributed by atoms with Crippen LogP contribution in [0.1, 0.15) is 10.5 Å². The van der Waals surface area contributed by atoms with E-state index in [9.17, 15) is 13.2 Å². The van der Waals surface area contributed by atoms with Crippen molar-refractivity contribution < 1.29 is 13.2 Å². The zero-order chi connectivity index (χ0) is 18.0. The second kappa shape index (κ2) is 7.25. The van der Waals surface area contributed by atoms with Crippen molar-refractivity contribution in [1.29, 1.82) is 0 Å². The zero-order valence-corrected chi connectivity index (χ0v) is 15.3. The van der Waals surface area contributed by atoms with Crippen LogP contribution in [0.25, 0.3) is 0 Å². The number of hydrogen-bond donors (Lipinski definition) is 0. The summed E-state index contributed by atoms with van der Waals surface area (Å²) in [5, 5.41) is 0.182. The average molecular weight is 401 g/mol. The highest BCUT2D eigenvalue weighted by Crippen LogP contribution is 2.31. The molecule has 1 aromatic heterocycles. The van der Waals surface area contributed by atoms with Gasteiger partial charge in [0, 0.05) is 38.6 Å². The number of piperazine rings is 1. The first kappa shape index (κ1) is 18.1. The van der Waals surface area contributed by atoms with Crippen LogP contribution >= 0.6 is 23.2 Å². The number of amides is 1. The number of rotatable bonds is 3. The molecule has 1 fully saturated rings. The van der Waals surface area contributed by atoms with E-state index in [-0.39, 0.29) is 52.7 Å². The third-order valence-corrected chi connectivity index (χ3v) is 6.71. The van der Waals surface area contributed by atoms with Crippen LogP contribution in [0.3, 0.4) is 0 Å². The first-order valence-corrected chi connectivity index (χ1v) is 9.60. The van der Waals surface area contributed by atoms with Crippen molar-refractivity contribution in [2.45, 2.75) is 4.90 Å². The van der Waals surface area contributed by atoms with Crippen LogP contribution in [0, 0.1) is 0 Å². The molecule has 0 atom stereocenters. The Labute approximate surface area is 155 Å². The Kier molecular flexibility index (Phi) is 5.24. The van der Waals surface area contributed by atoms with Gasteiger partial charge in [-0.1, -0.05) is 29.3 Å². The third-order valence-electron chi connectivity index (χ3n) is 3.84. The summed E-state index contributed by atoms with van der Waals surface area (Å²) in [6.45, 7) is 0.841. The molecule has 0 N–H and O–H groups in total. The highest BCUT2D eigenvalue weighted by molar-refractivity contribution is 7.89. The zero-order valence-electron chi connectivity index (χ0n) is 13.0. The van der Waals surface area contributed by atoms with E-state index in [1.54, 1.807) is 4.90 Å². The highest BCUT2D eigenvalue weighted by atomic mass is 35.5. The SMILES string of the molecule is O=C(c1cnccn1)N1CCN(S(=O)(=O)c2cccc(Cl)c2Cl)CC1. The first-order chi connectivity index (χ1) is 11.9. The van der Waals surface area contributed by atoms with Crippen molar-refractivity contribution in [1.82, 2.24) is 19.2 Å². The minimum Gasteiger partial charge on any atom is -0.335 e. The number of halogens is 2. The Morgan fingerprint density at radius 1 is 1.08 bits per heavy atom. The predicted molar refractivity (Wildman–Crippen MR) is 93.2 cm³/mol. The summed E-state index contributed by atoms with van der Waals surface area (Å²) < 4.78 is 26.8. The predicted octanol–water partition coefficient (Wildman–Crippen LogP) is 1.93. The van der Waals surface area contributed by atoms with E-state index in [1.807, 2.05) is 0 Å². The summed E-state index contributed by atoms with van der Waals surface area (Å²) in [5.41, 5.74) is 0.233. The Balaban J connectivity index is 1.74. The molecule has 0 unspecified atom stereocenters. The lowest BCUT2D eigenvalue weighted by Crippen LogP contribution is -2.50. The number of benzene rings is 1. The molecular formula is C15H14Cl2N4O3S. The maximum absolute atomic E-state index is 12.8. The number of carbonyl (C=O) groups is 1. The van der Waals surface area contributed by atoms with E-state index in [1.165, 1.54) is 41.1 Å². The number of hydrogen-bond acceptors (Lipinski definition) is 5. The lowest BCUT2D eigenvalue weighted by Gasteiger charge is -2.33. The van der Waals surface area contributed by atoms with E-state index >= 15 is 0 Å². The molecule has 2 heterocycles. The lowest BCUT2D eigenvalue weighted by molar-refractivity contribution is 0.0691. The Morgan fingerprint density at radius 2 is 1.80 bits per heavy atom. The fourth-order valence-electron chi connectivity index (χ4n) is 2.53. The maximum atomic E-state index is 12.8. The van der Waals surface area contributed by atoms with Crippen LogP contribution in [0.4, 0.5) is 0 Å². The van der Waals surface area contributed by atoms with Crippen molar-refractivity contribution in [3.8, 4) is 0 Å². The van der Waals surface area contributed by atoms with Crippen molar-refractivity contribution in [3.63, 3.8) is 0 Å². The van der Waals surface area contributed by atoms with Gasteiger partial charge in [0.15, 0.2) is 0 Å². The fraction of sp³-hybridized carbons (Fsp3) is 0.267. The van der Waals surface area contributed by atoms with Gasteiger partial charge in [0.1, 0.15) is 10.6 Å². The Morgan fingerprint density at radius 3 is 2.44 bits per heavy atom. The van der Waals surface area contributed by atoms with Crippen LogP contribution in [0.5, 0.6) is 0 Å². The smallest absolute Gasteiger partial charge is 0.274 e. The minimum atomic E-state index is -3.78. The molecule has 2 aromatic rings. The summed E-state index contributed by atoms with van der Waals surface area (Å²) in [5.74, 6) is -0.272. The topological polar surface area (TPSA) is 83.5 Å². The molecule has 1 aromatic carbocycles. The minimum absolute atomic E-state index is 0.00207. The van der Waals surface area contributed by atoms with Gasteiger partial charge < -0.3 is 4.90 Å². The van der Waals surface area contributed by atoms with Crippen LogP contribution in [-0.2, 0) is 10.0 Å². The fourth-order valence-corrected chi connectivity index (χ4v) is 4.68. The standard InChI is InChI=1S/C15H14Cl2N4O3S/c16-11-2-1-3-13(14(11)17)25(23,24)21-8-6-20(7-9-21)15(22)12-10-18-4-5-19-12/h1-5,10H,6-9H2. The molecule has 0 radical (unpaired) electrons. The largest absolute Gasteiger partial charge is 0.335 e. The summed E-state index contributed by atoms with van der Waals surface area (Å²) >= 11 is 11.9. The van der Waals surface area contributed by atoms with Crippen LogP contribution in [-0.4, -0.2) is 59.7 Å². The van der Waals surface area contributed by atoms with Gasteiger partial charge in [0.25, 0.3) is 5.91 Å². The molecule has 0 aliphatic carbocycles. The number of nitrogens with zero attached hydrogens (tertiary/aromatic N) is 4. The van der Waals surface area contributed by atoms with Gasteiger partial charge in [-0.3, -0.25) is 9.78 Å². The normalized spacial score (nSPS) is 16.0. The molecular weight excluding hydrogens is 387 g/mol. The highest BCUT2D eigenvalue weighted by Gasteiger charge is 2.32. The molecule has 1 amide bonds. The molecule has 0 bridgehead atoms. The van der Waals surface area contributed by atoms with E-state index in [0.29, 0.717) is 0 Å². The monoisotopic (exact) mass is 400 g/mol. The molecule has 10 heteroatoms. The lowest BCUT2D eigenvalue weighted by atomic mass is 10.3. The summed E-state index contributed by atoms with van der Waals surface area (Å²) in [4.78, 5) is 21.7. The van der Waals surface area contributed by atoms with E-state index in [0.717, 1.165) is 0 Å². The van der Waals surface area contributed by atoms with Crippen LogP contribution in [0.2, 0.25) is 10.0 Å². The second-order valence-electron chi connectivity index (χ2n) is 5.34. The van der Waals surface area contributed by atoms with Crippen molar-refractivity contribution in [3.05, 3.63) is 52.5 Å². The van der Waals surface area contributed by atoms with Crippen molar-refractivity contribution in [2.24, 2.45) is 0 Å². The summed E-state index contributed by atoms with van der Waals surface area (Å²) in [7, 11) is -3.78. The van der Waals surface area contributed by atoms with Gasteiger partial charge in [-0.2, -0.15) is 4.31 Å². The Bertz CT molecular complexity index is 885. The van der Waals surface area contributed by atoms with Gasteiger partial charge in [-0.15, -0.1) is 0 Å². The van der Waals surface area contributed by atoms with Gasteiger partial charge in [0.2, 0.25) is 10.0 Å². The van der Waals surface area contributed by atoms with Gasteiger partial charge >= 0.3 is 0 Å².